The van der Waals surface area contributed by atoms with Crippen molar-refractivity contribution < 1.29 is 9.50 Å². The second-order valence-corrected chi connectivity index (χ2v) is 4.53. The van der Waals surface area contributed by atoms with Crippen LogP contribution in [-0.2, 0) is 6.54 Å². The Balaban J connectivity index is 1.93. The normalized spacial score (nSPS) is 18.5. The molecule has 1 N–H and O–H groups in total. The molecule has 0 unspecified atom stereocenters. The molecule has 0 aromatic heterocycles. The molecule has 0 atom stereocenters. The molecule has 1 aliphatic rings. The van der Waals surface area contributed by atoms with Gasteiger partial charge in [-0.05, 0) is 24.2 Å². The summed E-state index contributed by atoms with van der Waals surface area (Å²) in [4.78, 5) is 4.69. The maximum absolute atomic E-state index is 13.1. The lowest BCUT2D eigenvalue weighted by molar-refractivity contribution is 0.132. The van der Waals surface area contributed by atoms with E-state index in [0.29, 0.717) is 6.54 Å². The maximum Gasteiger partial charge on any atom is 0.127 e. The maximum atomic E-state index is 13.1. The van der Waals surface area contributed by atoms with Gasteiger partial charge in [0, 0.05) is 38.8 Å². The first-order valence-corrected chi connectivity index (χ1v) is 6.10. The van der Waals surface area contributed by atoms with E-state index in [1.807, 2.05) is 0 Å². The van der Waals surface area contributed by atoms with Crippen molar-refractivity contribution in [1.29, 1.82) is 0 Å². The van der Waals surface area contributed by atoms with Crippen LogP contribution in [0.4, 0.5) is 4.39 Å². The van der Waals surface area contributed by atoms with Gasteiger partial charge in [0.15, 0.2) is 0 Å². The molecule has 0 bridgehead atoms. The zero-order valence-electron chi connectivity index (χ0n) is 10.2. The summed E-state index contributed by atoms with van der Waals surface area (Å²) in [6, 6.07) is 4.26. The summed E-state index contributed by atoms with van der Waals surface area (Å²) in [5.74, 6) is -0.362. The molecule has 1 aliphatic heterocycles. The molecule has 1 heterocycles. The van der Waals surface area contributed by atoms with Gasteiger partial charge < -0.3 is 10.0 Å². The third-order valence-electron chi connectivity index (χ3n) is 3.26. The lowest BCUT2D eigenvalue weighted by Gasteiger charge is -2.34. The van der Waals surface area contributed by atoms with Gasteiger partial charge in [-0.25, -0.2) is 4.39 Å². The van der Waals surface area contributed by atoms with Crippen molar-refractivity contribution in [3.05, 3.63) is 29.6 Å². The van der Waals surface area contributed by atoms with Crippen molar-refractivity contribution in [2.45, 2.75) is 13.5 Å². The minimum absolute atomic E-state index is 0.00666. The summed E-state index contributed by atoms with van der Waals surface area (Å²) < 4.78 is 13.1. The summed E-state index contributed by atoms with van der Waals surface area (Å²) in [6.07, 6.45) is 0. The molecule has 2 rings (SSSR count). The zero-order chi connectivity index (χ0) is 12.3. The summed E-state index contributed by atoms with van der Waals surface area (Å²) in [5, 5.41) is 9.34. The molecule has 0 radical (unpaired) electrons. The van der Waals surface area contributed by atoms with Crippen LogP contribution in [0.2, 0.25) is 0 Å². The number of phenolic OH excluding ortho intramolecular Hbond substituents is 1. The molecule has 1 aromatic rings. The number of phenols is 1. The van der Waals surface area contributed by atoms with E-state index in [9.17, 15) is 9.50 Å². The highest BCUT2D eigenvalue weighted by atomic mass is 19.1. The molecular formula is C13H19FN2O. The predicted octanol–water partition coefficient (Wildman–Crippen LogP) is 1.67. The number of benzene rings is 1. The molecule has 0 spiro atoms. The highest BCUT2D eigenvalue weighted by Crippen LogP contribution is 2.16. The highest BCUT2D eigenvalue weighted by Gasteiger charge is 2.15. The van der Waals surface area contributed by atoms with E-state index < -0.39 is 0 Å². The average Bonchev–Trinajstić information content (AvgIpc) is 2.28. The standard InChI is InChI=1S/C13H19FN2O/c1-2-15-3-5-16(6-4-15)10-11-7-12(14)9-13(17)8-11/h7-9,17H,2-6,10H2,1H3. The molecule has 4 heteroatoms. The first kappa shape index (κ1) is 12.3. The van der Waals surface area contributed by atoms with Crippen molar-refractivity contribution in [3.63, 3.8) is 0 Å². The van der Waals surface area contributed by atoms with E-state index in [0.717, 1.165) is 44.4 Å². The smallest absolute Gasteiger partial charge is 0.127 e. The molecule has 0 amide bonds. The molecule has 1 aromatic carbocycles. The second kappa shape index (κ2) is 5.47. The fourth-order valence-corrected chi connectivity index (χ4v) is 2.25. The fourth-order valence-electron chi connectivity index (χ4n) is 2.25. The summed E-state index contributed by atoms with van der Waals surface area (Å²) >= 11 is 0. The Labute approximate surface area is 101 Å². The average molecular weight is 238 g/mol. The molecule has 0 aliphatic carbocycles. The van der Waals surface area contributed by atoms with Crippen LogP contribution in [0.25, 0.3) is 0 Å². The molecule has 3 nitrogen and oxygen atoms in total. The number of rotatable bonds is 3. The molecule has 1 fully saturated rings. The molecular weight excluding hydrogens is 219 g/mol. The van der Waals surface area contributed by atoms with E-state index in [2.05, 4.69) is 16.7 Å². The Bertz CT molecular complexity index is 355. The topological polar surface area (TPSA) is 26.7 Å². The Hall–Kier alpha value is -1.13. The third-order valence-corrected chi connectivity index (χ3v) is 3.26. The van der Waals surface area contributed by atoms with Crippen molar-refractivity contribution in [2.24, 2.45) is 0 Å². The summed E-state index contributed by atoms with van der Waals surface area (Å²) in [5.41, 5.74) is 0.840. The quantitative estimate of drug-likeness (QED) is 0.867. The first-order chi connectivity index (χ1) is 8.17. The summed E-state index contributed by atoms with van der Waals surface area (Å²) in [7, 11) is 0. The minimum Gasteiger partial charge on any atom is -0.508 e. The van der Waals surface area contributed by atoms with Crippen LogP contribution < -0.4 is 0 Å². The fraction of sp³-hybridized carbons (Fsp3) is 0.538. The van der Waals surface area contributed by atoms with Gasteiger partial charge in [-0.15, -0.1) is 0 Å². The highest BCUT2D eigenvalue weighted by molar-refractivity contribution is 5.28. The van der Waals surface area contributed by atoms with Gasteiger partial charge in [0.05, 0.1) is 0 Å². The van der Waals surface area contributed by atoms with Gasteiger partial charge in [-0.1, -0.05) is 6.92 Å². The monoisotopic (exact) mass is 238 g/mol. The Morgan fingerprint density at radius 1 is 1.12 bits per heavy atom. The van der Waals surface area contributed by atoms with Gasteiger partial charge in [-0.2, -0.15) is 0 Å². The number of hydrogen-bond donors (Lipinski definition) is 1. The van der Waals surface area contributed by atoms with Gasteiger partial charge in [0.25, 0.3) is 0 Å². The van der Waals surface area contributed by atoms with E-state index in [1.54, 1.807) is 6.07 Å². The van der Waals surface area contributed by atoms with Crippen molar-refractivity contribution in [2.75, 3.05) is 32.7 Å². The zero-order valence-corrected chi connectivity index (χ0v) is 10.2. The molecule has 94 valence electrons. The minimum atomic E-state index is -0.368. The lowest BCUT2D eigenvalue weighted by atomic mass is 10.2. The van der Waals surface area contributed by atoms with Gasteiger partial charge >= 0.3 is 0 Å². The van der Waals surface area contributed by atoms with Gasteiger partial charge in [0.1, 0.15) is 11.6 Å². The van der Waals surface area contributed by atoms with Gasteiger partial charge in [0.2, 0.25) is 0 Å². The van der Waals surface area contributed by atoms with Crippen molar-refractivity contribution in [3.8, 4) is 5.75 Å². The Morgan fingerprint density at radius 3 is 2.35 bits per heavy atom. The molecule has 1 saturated heterocycles. The third kappa shape index (κ3) is 3.41. The van der Waals surface area contributed by atoms with E-state index >= 15 is 0 Å². The number of hydrogen-bond acceptors (Lipinski definition) is 3. The van der Waals surface area contributed by atoms with E-state index in [1.165, 1.54) is 6.07 Å². The van der Waals surface area contributed by atoms with Crippen LogP contribution in [0.15, 0.2) is 18.2 Å². The Morgan fingerprint density at radius 2 is 1.76 bits per heavy atom. The molecule has 17 heavy (non-hydrogen) atoms. The molecule has 0 saturated carbocycles. The summed E-state index contributed by atoms with van der Waals surface area (Å²) in [6.45, 7) is 8.11. The van der Waals surface area contributed by atoms with Crippen LogP contribution in [0, 0.1) is 5.82 Å². The SMILES string of the molecule is CCN1CCN(Cc2cc(O)cc(F)c2)CC1. The largest absolute Gasteiger partial charge is 0.508 e. The number of piperazine rings is 1. The number of halogens is 1. The van der Waals surface area contributed by atoms with Crippen LogP contribution in [0.5, 0.6) is 5.75 Å². The lowest BCUT2D eigenvalue weighted by Crippen LogP contribution is -2.45. The number of likely N-dealkylation sites (N-methyl/N-ethyl adjacent to an activating group) is 1. The van der Waals surface area contributed by atoms with Gasteiger partial charge in [-0.3, -0.25) is 4.90 Å². The number of aromatic hydroxyl groups is 1. The van der Waals surface area contributed by atoms with E-state index in [4.69, 9.17) is 0 Å². The van der Waals surface area contributed by atoms with E-state index in [-0.39, 0.29) is 11.6 Å². The van der Waals surface area contributed by atoms with Crippen molar-refractivity contribution >= 4 is 0 Å². The number of nitrogens with zero attached hydrogens (tertiary/aromatic N) is 2. The van der Waals surface area contributed by atoms with Crippen LogP contribution in [-0.4, -0.2) is 47.6 Å². The van der Waals surface area contributed by atoms with Crippen LogP contribution in [0.3, 0.4) is 0 Å². The first-order valence-electron chi connectivity index (χ1n) is 6.10. The predicted molar refractivity (Wildman–Crippen MR) is 65.5 cm³/mol. The second-order valence-electron chi connectivity index (χ2n) is 4.53. The van der Waals surface area contributed by atoms with Crippen LogP contribution in [0.1, 0.15) is 12.5 Å². The van der Waals surface area contributed by atoms with Crippen LogP contribution >= 0.6 is 0 Å². The van der Waals surface area contributed by atoms with Crippen molar-refractivity contribution in [1.82, 2.24) is 9.80 Å². The Kier molecular flexibility index (Phi) is 3.97.